The predicted molar refractivity (Wildman–Crippen MR) is 89.6 cm³/mol. The Bertz CT molecular complexity index is 563. The molecule has 0 aliphatic rings. The molecule has 0 aliphatic heterocycles. The summed E-state index contributed by atoms with van der Waals surface area (Å²) in [5.74, 6) is 0.841. The number of hydrogen-bond donors (Lipinski definition) is 2. The summed E-state index contributed by atoms with van der Waals surface area (Å²) in [6, 6.07) is 10.2. The fraction of sp³-hybridized carbons (Fsp3) is 0.375. The zero-order valence-corrected chi connectivity index (χ0v) is 13.4. The molecule has 0 saturated heterocycles. The number of nitrogens with zero attached hydrogens (tertiary/aromatic N) is 2. The lowest BCUT2D eigenvalue weighted by atomic mass is 10.3. The smallest absolute Gasteiger partial charge is 0.191 e. The van der Waals surface area contributed by atoms with Crippen LogP contribution in [-0.2, 0) is 13.1 Å². The summed E-state index contributed by atoms with van der Waals surface area (Å²) in [6.45, 7) is 6.57. The van der Waals surface area contributed by atoms with Crippen LogP contribution in [0.4, 0.5) is 0 Å². The second-order valence-electron chi connectivity index (χ2n) is 4.78. The van der Waals surface area contributed by atoms with E-state index < -0.39 is 0 Å². The van der Waals surface area contributed by atoms with Gasteiger partial charge in [0.15, 0.2) is 5.96 Å². The highest BCUT2D eigenvalue weighted by Gasteiger charge is 2.01. The maximum Gasteiger partial charge on any atom is 0.191 e. The number of rotatable bonds is 6. The van der Waals surface area contributed by atoms with Gasteiger partial charge in [-0.25, -0.2) is 4.99 Å². The molecule has 0 spiro atoms. The number of thiophene rings is 1. The minimum absolute atomic E-state index is 0.587. The Morgan fingerprint density at radius 1 is 1.24 bits per heavy atom. The summed E-state index contributed by atoms with van der Waals surface area (Å²) < 4.78 is 0. The fourth-order valence-corrected chi connectivity index (χ4v) is 2.65. The van der Waals surface area contributed by atoms with Gasteiger partial charge in [-0.05, 0) is 37.6 Å². The first-order valence-electron chi connectivity index (χ1n) is 7.25. The molecule has 2 aromatic rings. The molecule has 2 aromatic heterocycles. The Morgan fingerprint density at radius 3 is 2.81 bits per heavy atom. The van der Waals surface area contributed by atoms with Gasteiger partial charge in [-0.15, -0.1) is 11.3 Å². The molecule has 0 unspecified atom stereocenters. The van der Waals surface area contributed by atoms with Crippen molar-refractivity contribution in [1.29, 1.82) is 0 Å². The van der Waals surface area contributed by atoms with Gasteiger partial charge in [0.1, 0.15) is 0 Å². The lowest BCUT2D eigenvalue weighted by Crippen LogP contribution is -2.37. The Morgan fingerprint density at radius 2 is 2.14 bits per heavy atom. The van der Waals surface area contributed by atoms with Gasteiger partial charge in [-0.2, -0.15) is 0 Å². The van der Waals surface area contributed by atoms with Crippen LogP contribution in [0.1, 0.15) is 28.8 Å². The van der Waals surface area contributed by atoms with Crippen LogP contribution in [0.15, 0.2) is 41.5 Å². The molecule has 21 heavy (non-hydrogen) atoms. The van der Waals surface area contributed by atoms with Crippen LogP contribution in [0.2, 0.25) is 0 Å². The molecular formula is C16H22N4S. The highest BCUT2D eigenvalue weighted by Crippen LogP contribution is 2.14. The third kappa shape index (κ3) is 5.55. The van der Waals surface area contributed by atoms with Gasteiger partial charge in [0, 0.05) is 22.5 Å². The molecule has 2 N–H and O–H groups in total. The summed E-state index contributed by atoms with van der Waals surface area (Å²) in [5, 5.41) is 6.71. The third-order valence-corrected chi connectivity index (χ3v) is 3.89. The average Bonchev–Trinajstić information content (AvgIpc) is 2.93. The number of hydrogen-bond acceptors (Lipinski definition) is 3. The van der Waals surface area contributed by atoms with Crippen molar-refractivity contribution in [1.82, 2.24) is 15.6 Å². The van der Waals surface area contributed by atoms with E-state index in [0.29, 0.717) is 6.54 Å². The number of aromatic nitrogens is 1. The van der Waals surface area contributed by atoms with E-state index in [4.69, 9.17) is 0 Å². The van der Waals surface area contributed by atoms with Gasteiger partial charge in [0.05, 0.1) is 18.8 Å². The lowest BCUT2D eigenvalue weighted by Gasteiger charge is -2.11. The molecule has 0 atom stereocenters. The molecule has 5 heteroatoms. The van der Waals surface area contributed by atoms with Gasteiger partial charge < -0.3 is 10.6 Å². The summed E-state index contributed by atoms with van der Waals surface area (Å²) in [7, 11) is 0. The van der Waals surface area contributed by atoms with Crippen molar-refractivity contribution in [3.8, 4) is 0 Å². The number of aryl methyl sites for hydroxylation is 1. The predicted octanol–water partition coefficient (Wildman–Crippen LogP) is 3.10. The van der Waals surface area contributed by atoms with Gasteiger partial charge >= 0.3 is 0 Å². The van der Waals surface area contributed by atoms with Crippen molar-refractivity contribution >= 4 is 17.3 Å². The second-order valence-corrected chi connectivity index (χ2v) is 6.15. The molecule has 0 amide bonds. The van der Waals surface area contributed by atoms with E-state index >= 15 is 0 Å². The van der Waals surface area contributed by atoms with Crippen LogP contribution < -0.4 is 10.6 Å². The van der Waals surface area contributed by atoms with Gasteiger partial charge in [-0.3, -0.25) is 4.98 Å². The topological polar surface area (TPSA) is 49.3 Å². The van der Waals surface area contributed by atoms with Crippen molar-refractivity contribution in [2.24, 2.45) is 4.99 Å². The second kappa shape index (κ2) is 8.42. The molecular weight excluding hydrogens is 280 g/mol. The molecule has 0 saturated carbocycles. The molecule has 0 aliphatic carbocycles. The molecule has 2 rings (SSSR count). The fourth-order valence-electron chi connectivity index (χ4n) is 1.82. The SMILES string of the molecule is CCCNC(=NCc1ccccn1)NCc1ccc(C)s1. The summed E-state index contributed by atoms with van der Waals surface area (Å²) in [4.78, 5) is 11.5. The lowest BCUT2D eigenvalue weighted by molar-refractivity contribution is 0.774. The number of guanidine groups is 1. The minimum atomic E-state index is 0.587. The number of pyridine rings is 1. The van der Waals surface area contributed by atoms with Crippen molar-refractivity contribution in [3.05, 3.63) is 52.0 Å². The Labute approximate surface area is 130 Å². The molecule has 0 fully saturated rings. The van der Waals surface area contributed by atoms with E-state index in [0.717, 1.165) is 31.2 Å². The van der Waals surface area contributed by atoms with Gasteiger partial charge in [-0.1, -0.05) is 13.0 Å². The average molecular weight is 302 g/mol. The normalized spacial score (nSPS) is 11.4. The molecule has 4 nitrogen and oxygen atoms in total. The van der Waals surface area contributed by atoms with E-state index in [-0.39, 0.29) is 0 Å². The van der Waals surface area contributed by atoms with E-state index in [1.807, 2.05) is 29.5 Å². The maximum absolute atomic E-state index is 4.59. The Kier molecular flexibility index (Phi) is 6.22. The minimum Gasteiger partial charge on any atom is -0.356 e. The highest BCUT2D eigenvalue weighted by molar-refractivity contribution is 7.11. The molecule has 0 aromatic carbocycles. The molecule has 112 valence electrons. The standard InChI is InChI=1S/C16H22N4S/c1-3-9-18-16(19-11-14-6-4-5-10-17-14)20-12-15-8-7-13(2)21-15/h4-8,10H,3,9,11-12H2,1-2H3,(H2,18,19,20). The first-order valence-corrected chi connectivity index (χ1v) is 8.07. The van der Waals surface area contributed by atoms with Crippen molar-refractivity contribution in [2.75, 3.05) is 6.54 Å². The van der Waals surface area contributed by atoms with E-state index in [1.165, 1.54) is 9.75 Å². The highest BCUT2D eigenvalue weighted by atomic mass is 32.1. The number of nitrogens with one attached hydrogen (secondary N) is 2. The summed E-state index contributed by atoms with van der Waals surface area (Å²) >= 11 is 1.81. The van der Waals surface area contributed by atoms with E-state index in [1.54, 1.807) is 6.20 Å². The van der Waals surface area contributed by atoms with Crippen LogP contribution in [0.25, 0.3) is 0 Å². The van der Waals surface area contributed by atoms with Crippen molar-refractivity contribution in [2.45, 2.75) is 33.4 Å². The van der Waals surface area contributed by atoms with Gasteiger partial charge in [0.25, 0.3) is 0 Å². The van der Waals surface area contributed by atoms with E-state index in [9.17, 15) is 0 Å². The molecule has 2 heterocycles. The largest absolute Gasteiger partial charge is 0.356 e. The van der Waals surface area contributed by atoms with Crippen LogP contribution in [0.5, 0.6) is 0 Å². The molecule has 0 bridgehead atoms. The summed E-state index contributed by atoms with van der Waals surface area (Å²) in [5.41, 5.74) is 0.974. The number of aliphatic imine (C=N–C) groups is 1. The van der Waals surface area contributed by atoms with Gasteiger partial charge in [0.2, 0.25) is 0 Å². The monoisotopic (exact) mass is 302 g/mol. The van der Waals surface area contributed by atoms with Crippen molar-refractivity contribution in [3.63, 3.8) is 0 Å². The van der Waals surface area contributed by atoms with Crippen LogP contribution >= 0.6 is 11.3 Å². The summed E-state index contributed by atoms with van der Waals surface area (Å²) in [6.07, 6.45) is 2.87. The third-order valence-electron chi connectivity index (χ3n) is 2.89. The Balaban J connectivity index is 1.93. The zero-order valence-electron chi connectivity index (χ0n) is 12.6. The maximum atomic E-state index is 4.59. The van der Waals surface area contributed by atoms with E-state index in [2.05, 4.69) is 46.6 Å². The first kappa shape index (κ1) is 15.5. The van der Waals surface area contributed by atoms with Crippen LogP contribution in [0, 0.1) is 6.92 Å². The molecule has 0 radical (unpaired) electrons. The zero-order chi connectivity index (χ0) is 14.9. The van der Waals surface area contributed by atoms with Crippen LogP contribution in [-0.4, -0.2) is 17.5 Å². The van der Waals surface area contributed by atoms with Crippen molar-refractivity contribution < 1.29 is 0 Å². The first-order chi connectivity index (χ1) is 10.3. The quantitative estimate of drug-likeness (QED) is 0.637. The van der Waals surface area contributed by atoms with Crippen LogP contribution in [0.3, 0.4) is 0 Å². The Hall–Kier alpha value is -1.88.